The van der Waals surface area contributed by atoms with Gasteiger partial charge in [0.1, 0.15) is 13.9 Å². The van der Waals surface area contributed by atoms with Gasteiger partial charge in [0.25, 0.3) is 5.56 Å². The van der Waals surface area contributed by atoms with E-state index in [2.05, 4.69) is 41.6 Å². The van der Waals surface area contributed by atoms with Gasteiger partial charge in [-0.3, -0.25) is 9.46 Å². The minimum atomic E-state index is -0.696. The van der Waals surface area contributed by atoms with Gasteiger partial charge in [0.2, 0.25) is 0 Å². The molecular formula is C24H43N4OPS. The van der Waals surface area contributed by atoms with Crippen LogP contribution in [0.4, 0.5) is 0 Å². The molecule has 0 spiro atoms. The Kier molecular flexibility index (Phi) is 13.0. The molecule has 1 unspecified atom stereocenters. The molecule has 1 atom stereocenters. The first kappa shape index (κ1) is 26.5. The summed E-state index contributed by atoms with van der Waals surface area (Å²) in [6.07, 6.45) is 20.1. The molecule has 0 saturated carbocycles. The quantitative estimate of drug-likeness (QED) is 0.187. The number of fused-ring (bicyclic) bond motifs is 1. The lowest BCUT2D eigenvalue weighted by Gasteiger charge is -2.26. The van der Waals surface area contributed by atoms with Crippen LogP contribution in [0.25, 0.3) is 0 Å². The fourth-order valence-corrected chi connectivity index (χ4v) is 8.04. The minimum Gasteiger partial charge on any atom is -0.265 e. The van der Waals surface area contributed by atoms with Crippen LogP contribution in [0.3, 0.4) is 0 Å². The van der Waals surface area contributed by atoms with Crippen molar-refractivity contribution in [2.75, 3.05) is 13.1 Å². The Bertz CT molecular complexity index is 733. The van der Waals surface area contributed by atoms with Gasteiger partial charge in [-0.1, -0.05) is 97.5 Å². The summed E-state index contributed by atoms with van der Waals surface area (Å²) in [6, 6.07) is 0. The number of hydrogen-bond acceptors (Lipinski definition) is 5. The van der Waals surface area contributed by atoms with Crippen molar-refractivity contribution in [3.05, 3.63) is 26.8 Å². The summed E-state index contributed by atoms with van der Waals surface area (Å²) in [6.45, 7) is 10.4. The molecule has 1 aromatic heterocycles. The predicted molar refractivity (Wildman–Crippen MR) is 136 cm³/mol. The lowest BCUT2D eigenvalue weighted by Crippen LogP contribution is -2.23. The van der Waals surface area contributed by atoms with Crippen LogP contribution in [0.2, 0.25) is 0 Å². The van der Waals surface area contributed by atoms with E-state index < -0.39 is 8.22 Å². The van der Waals surface area contributed by atoms with Gasteiger partial charge >= 0.3 is 0 Å². The van der Waals surface area contributed by atoms with Crippen LogP contribution >= 0.6 is 20.0 Å². The fourth-order valence-electron chi connectivity index (χ4n) is 3.94. The molecule has 1 aromatic rings. The largest absolute Gasteiger partial charge is 0.295 e. The lowest BCUT2D eigenvalue weighted by atomic mass is 10.0. The highest BCUT2D eigenvalue weighted by Crippen LogP contribution is 2.61. The van der Waals surface area contributed by atoms with Crippen LogP contribution in [0.15, 0.2) is 20.7 Å². The van der Waals surface area contributed by atoms with Gasteiger partial charge in [0, 0.05) is 17.7 Å². The van der Waals surface area contributed by atoms with Crippen molar-refractivity contribution >= 4 is 20.0 Å². The molecule has 176 valence electrons. The van der Waals surface area contributed by atoms with E-state index in [-0.39, 0.29) is 5.56 Å². The number of allylic oxidation sites excluding steroid dienone is 1. The van der Waals surface area contributed by atoms with Crippen molar-refractivity contribution in [3.63, 3.8) is 0 Å². The summed E-state index contributed by atoms with van der Waals surface area (Å²) in [5.74, 6) is 0. The number of rotatable bonds is 16. The van der Waals surface area contributed by atoms with E-state index in [1.165, 1.54) is 81.7 Å². The summed E-state index contributed by atoms with van der Waals surface area (Å²) in [5, 5.41) is 5.34. The Hall–Kier alpha value is -0.710. The summed E-state index contributed by atoms with van der Waals surface area (Å²) in [4.78, 5) is 16.2. The third-order valence-corrected chi connectivity index (χ3v) is 9.91. The second-order valence-corrected chi connectivity index (χ2v) is 11.7. The van der Waals surface area contributed by atoms with E-state index >= 15 is 0 Å². The maximum absolute atomic E-state index is 12.0. The van der Waals surface area contributed by atoms with Gasteiger partial charge in [0.15, 0.2) is 5.16 Å². The Balaban J connectivity index is 1.72. The molecule has 7 heteroatoms. The van der Waals surface area contributed by atoms with Crippen LogP contribution in [0, 0.1) is 6.92 Å². The van der Waals surface area contributed by atoms with Gasteiger partial charge < -0.3 is 0 Å². The van der Waals surface area contributed by atoms with Crippen molar-refractivity contribution in [2.24, 2.45) is 0 Å². The molecule has 2 rings (SSSR count). The predicted octanol–water partition coefficient (Wildman–Crippen LogP) is 7.49. The summed E-state index contributed by atoms with van der Waals surface area (Å²) in [7, 11) is -0.696. The third-order valence-electron chi connectivity index (χ3n) is 5.87. The van der Waals surface area contributed by atoms with Gasteiger partial charge in [-0.2, -0.15) is 14.5 Å². The minimum absolute atomic E-state index is 0.199. The van der Waals surface area contributed by atoms with E-state index in [1.54, 1.807) is 18.7 Å². The zero-order valence-electron chi connectivity index (χ0n) is 20.2. The molecule has 0 fully saturated rings. The van der Waals surface area contributed by atoms with Crippen molar-refractivity contribution < 1.29 is 0 Å². The standard InChI is InChI=1S/C24H43N4OPS/c1-5-8-9-10-11-12-13-14-15-16-17-18-19-20-22-30(27(6-2)7-3)28-24(31-22)25-23(29)21(4)26-28/h20H,5-19H2,1-4H3/b22-20+. The Morgan fingerprint density at radius 2 is 1.45 bits per heavy atom. The highest BCUT2D eigenvalue weighted by atomic mass is 32.2. The lowest BCUT2D eigenvalue weighted by molar-refractivity contribution is 0.496. The highest BCUT2D eigenvalue weighted by Gasteiger charge is 2.34. The number of aromatic nitrogens is 3. The molecule has 1 aliphatic heterocycles. The van der Waals surface area contributed by atoms with Crippen LogP contribution < -0.4 is 5.56 Å². The first-order valence-electron chi connectivity index (χ1n) is 12.5. The fraction of sp³-hybridized carbons (Fsp3) is 0.792. The average molecular weight is 467 g/mol. The first-order chi connectivity index (χ1) is 15.1. The van der Waals surface area contributed by atoms with E-state index in [4.69, 9.17) is 0 Å². The molecule has 0 saturated heterocycles. The van der Waals surface area contributed by atoms with Gasteiger partial charge in [-0.05, 0) is 31.5 Å². The van der Waals surface area contributed by atoms with E-state index in [0.717, 1.165) is 24.7 Å². The molecule has 0 bridgehead atoms. The Labute approximate surface area is 195 Å². The van der Waals surface area contributed by atoms with E-state index in [0.29, 0.717) is 5.69 Å². The zero-order chi connectivity index (χ0) is 22.5. The molecule has 0 radical (unpaired) electrons. The van der Waals surface area contributed by atoms with Gasteiger partial charge in [-0.25, -0.2) is 0 Å². The zero-order valence-corrected chi connectivity index (χ0v) is 21.9. The number of thioether (sulfide) groups is 1. The van der Waals surface area contributed by atoms with Crippen LogP contribution in [-0.4, -0.2) is 32.3 Å². The van der Waals surface area contributed by atoms with E-state index in [1.807, 2.05) is 4.45 Å². The maximum atomic E-state index is 12.0. The monoisotopic (exact) mass is 466 g/mol. The van der Waals surface area contributed by atoms with E-state index in [9.17, 15) is 4.79 Å². The topological polar surface area (TPSA) is 51.0 Å². The van der Waals surface area contributed by atoms with Crippen molar-refractivity contribution in [1.29, 1.82) is 0 Å². The van der Waals surface area contributed by atoms with Crippen molar-refractivity contribution in [3.8, 4) is 0 Å². The SMILES string of the molecule is CCCCCCCCCCCCCC/C=C1/Sc2nc(=O)c(C)nn2P1N(CC)CC. The first-order valence-corrected chi connectivity index (χ1v) is 14.6. The number of unbranched alkanes of at least 4 members (excludes halogenated alkanes) is 12. The number of nitrogens with zero attached hydrogens (tertiary/aromatic N) is 4. The molecule has 0 aromatic carbocycles. The summed E-state index contributed by atoms with van der Waals surface area (Å²) in [5.41, 5.74) is 0.293. The average Bonchev–Trinajstić information content (AvgIpc) is 3.10. The second-order valence-electron chi connectivity index (χ2n) is 8.42. The molecule has 1 aliphatic rings. The molecule has 0 amide bonds. The number of aryl methyl sites for hydroxylation is 1. The van der Waals surface area contributed by atoms with Gasteiger partial charge in [-0.15, -0.1) is 0 Å². The normalized spacial score (nSPS) is 17.1. The smallest absolute Gasteiger partial charge is 0.265 e. The molecular weight excluding hydrogens is 423 g/mol. The molecule has 0 N–H and O–H groups in total. The molecule has 2 heterocycles. The second kappa shape index (κ2) is 15.2. The molecule has 5 nitrogen and oxygen atoms in total. The Morgan fingerprint density at radius 1 is 0.903 bits per heavy atom. The Morgan fingerprint density at radius 3 is 2.00 bits per heavy atom. The van der Waals surface area contributed by atoms with Crippen LogP contribution in [0.1, 0.15) is 110 Å². The molecule has 0 aliphatic carbocycles. The summed E-state index contributed by atoms with van der Waals surface area (Å²) < 4.78 is 5.80. The third kappa shape index (κ3) is 8.63. The van der Waals surface area contributed by atoms with Crippen molar-refractivity contribution in [2.45, 2.75) is 116 Å². The molecule has 31 heavy (non-hydrogen) atoms. The maximum Gasteiger partial charge on any atom is 0.295 e. The van der Waals surface area contributed by atoms with Crippen molar-refractivity contribution in [1.82, 2.24) is 19.2 Å². The van der Waals surface area contributed by atoms with Crippen LogP contribution in [-0.2, 0) is 0 Å². The number of hydrogen-bond donors (Lipinski definition) is 0. The van der Waals surface area contributed by atoms with Gasteiger partial charge in [0.05, 0.1) is 0 Å². The summed E-state index contributed by atoms with van der Waals surface area (Å²) >= 11 is 1.65. The highest BCUT2D eigenvalue weighted by molar-refractivity contribution is 8.11. The van der Waals surface area contributed by atoms with Crippen LogP contribution in [0.5, 0.6) is 0 Å².